The Morgan fingerprint density at radius 3 is 2.24 bits per heavy atom. The van der Waals surface area contributed by atoms with E-state index < -0.39 is 0 Å². The van der Waals surface area contributed by atoms with Gasteiger partial charge in [-0.25, -0.2) is 0 Å². The Morgan fingerprint density at radius 1 is 0.941 bits per heavy atom. The summed E-state index contributed by atoms with van der Waals surface area (Å²) in [5, 5.41) is 4.00. The third-order valence-electron chi connectivity index (χ3n) is 5.61. The van der Waals surface area contributed by atoms with Crippen LogP contribution in [-0.4, -0.2) is 12.1 Å². The molecule has 1 N–H and O–H groups in total. The molecule has 0 aromatic carbocycles. The molecule has 0 spiro atoms. The Morgan fingerprint density at radius 2 is 1.65 bits per heavy atom. The van der Waals surface area contributed by atoms with Gasteiger partial charge >= 0.3 is 0 Å². The molecule has 0 amide bonds. The third kappa shape index (κ3) is 3.05. The Labute approximate surface area is 108 Å². The maximum atomic E-state index is 4.00. The van der Waals surface area contributed by atoms with Crippen molar-refractivity contribution in [3.63, 3.8) is 0 Å². The SMILES string of the molecule is CCC1CCC(NC2CCC(C)CC2C)C1C. The second-order valence-corrected chi connectivity index (χ2v) is 6.88. The summed E-state index contributed by atoms with van der Waals surface area (Å²) in [6.45, 7) is 9.69. The minimum absolute atomic E-state index is 0.800. The first-order chi connectivity index (χ1) is 8.11. The van der Waals surface area contributed by atoms with Crippen molar-refractivity contribution < 1.29 is 0 Å². The molecule has 2 saturated carbocycles. The first kappa shape index (κ1) is 13.4. The fourth-order valence-corrected chi connectivity index (χ4v) is 4.25. The van der Waals surface area contributed by atoms with Crippen molar-refractivity contribution in [3.8, 4) is 0 Å². The normalized spacial score (nSPS) is 47.3. The molecule has 17 heavy (non-hydrogen) atoms. The van der Waals surface area contributed by atoms with Crippen LogP contribution in [0.3, 0.4) is 0 Å². The summed E-state index contributed by atoms with van der Waals surface area (Å²) in [5.41, 5.74) is 0. The van der Waals surface area contributed by atoms with Crippen LogP contribution in [0.15, 0.2) is 0 Å². The van der Waals surface area contributed by atoms with Crippen LogP contribution in [-0.2, 0) is 0 Å². The Balaban J connectivity index is 1.85. The summed E-state index contributed by atoms with van der Waals surface area (Å²) < 4.78 is 0. The topological polar surface area (TPSA) is 12.0 Å². The van der Waals surface area contributed by atoms with Crippen LogP contribution in [0.5, 0.6) is 0 Å². The van der Waals surface area contributed by atoms with Gasteiger partial charge in [0.15, 0.2) is 0 Å². The van der Waals surface area contributed by atoms with Crippen LogP contribution in [0.4, 0.5) is 0 Å². The minimum Gasteiger partial charge on any atom is -0.311 e. The van der Waals surface area contributed by atoms with Gasteiger partial charge in [0, 0.05) is 12.1 Å². The van der Waals surface area contributed by atoms with Crippen molar-refractivity contribution in [2.24, 2.45) is 23.7 Å². The molecular formula is C16H31N. The van der Waals surface area contributed by atoms with E-state index in [0.717, 1.165) is 35.8 Å². The molecule has 2 aliphatic rings. The van der Waals surface area contributed by atoms with Crippen molar-refractivity contribution in [1.29, 1.82) is 0 Å². The van der Waals surface area contributed by atoms with Gasteiger partial charge < -0.3 is 5.32 Å². The predicted octanol–water partition coefficient (Wildman–Crippen LogP) is 4.23. The fraction of sp³-hybridized carbons (Fsp3) is 1.00. The van der Waals surface area contributed by atoms with Crippen LogP contribution in [0, 0.1) is 23.7 Å². The van der Waals surface area contributed by atoms with E-state index in [4.69, 9.17) is 0 Å². The van der Waals surface area contributed by atoms with E-state index >= 15 is 0 Å². The molecule has 1 heteroatoms. The van der Waals surface area contributed by atoms with Crippen LogP contribution in [0.25, 0.3) is 0 Å². The van der Waals surface area contributed by atoms with E-state index in [1.165, 1.54) is 38.5 Å². The Bertz CT molecular complexity index is 238. The molecule has 0 saturated heterocycles. The van der Waals surface area contributed by atoms with Gasteiger partial charge in [-0.1, -0.05) is 34.1 Å². The van der Waals surface area contributed by atoms with Gasteiger partial charge in [0.05, 0.1) is 0 Å². The average molecular weight is 237 g/mol. The maximum Gasteiger partial charge on any atom is 0.00981 e. The van der Waals surface area contributed by atoms with E-state index in [2.05, 4.69) is 33.0 Å². The smallest absolute Gasteiger partial charge is 0.00981 e. The largest absolute Gasteiger partial charge is 0.311 e. The molecule has 2 aliphatic carbocycles. The highest BCUT2D eigenvalue weighted by Crippen LogP contribution is 2.36. The lowest BCUT2D eigenvalue weighted by Gasteiger charge is -2.36. The van der Waals surface area contributed by atoms with E-state index in [1.54, 1.807) is 0 Å². The van der Waals surface area contributed by atoms with Gasteiger partial charge in [0.25, 0.3) is 0 Å². The lowest BCUT2D eigenvalue weighted by Crippen LogP contribution is -2.46. The van der Waals surface area contributed by atoms with Gasteiger partial charge in [-0.15, -0.1) is 0 Å². The zero-order valence-corrected chi connectivity index (χ0v) is 12.2. The lowest BCUT2D eigenvalue weighted by molar-refractivity contribution is 0.198. The second-order valence-electron chi connectivity index (χ2n) is 6.88. The van der Waals surface area contributed by atoms with E-state index in [-0.39, 0.29) is 0 Å². The average Bonchev–Trinajstić information content (AvgIpc) is 2.64. The van der Waals surface area contributed by atoms with Crippen molar-refractivity contribution in [2.45, 2.75) is 78.3 Å². The molecule has 0 aromatic heterocycles. The number of hydrogen-bond donors (Lipinski definition) is 1. The zero-order valence-electron chi connectivity index (χ0n) is 12.2. The molecule has 0 radical (unpaired) electrons. The Kier molecular flexibility index (Phi) is 4.52. The van der Waals surface area contributed by atoms with E-state index in [0.29, 0.717) is 0 Å². The van der Waals surface area contributed by atoms with Crippen LogP contribution in [0.2, 0.25) is 0 Å². The summed E-state index contributed by atoms with van der Waals surface area (Å²) in [7, 11) is 0. The molecule has 6 atom stereocenters. The monoisotopic (exact) mass is 237 g/mol. The molecule has 100 valence electrons. The summed E-state index contributed by atoms with van der Waals surface area (Å²) in [5.74, 6) is 3.70. The zero-order chi connectivity index (χ0) is 12.4. The van der Waals surface area contributed by atoms with Crippen molar-refractivity contribution in [2.75, 3.05) is 0 Å². The van der Waals surface area contributed by atoms with Crippen LogP contribution < -0.4 is 5.32 Å². The summed E-state index contributed by atoms with van der Waals surface area (Å²) in [6.07, 6.45) is 8.50. The fourth-order valence-electron chi connectivity index (χ4n) is 4.25. The molecule has 0 aromatic rings. The van der Waals surface area contributed by atoms with Crippen LogP contribution in [0.1, 0.15) is 66.2 Å². The highest BCUT2D eigenvalue weighted by molar-refractivity contribution is 4.91. The molecule has 0 bridgehead atoms. The molecule has 2 fully saturated rings. The van der Waals surface area contributed by atoms with Gasteiger partial charge in [-0.3, -0.25) is 0 Å². The van der Waals surface area contributed by atoms with Crippen molar-refractivity contribution >= 4 is 0 Å². The molecule has 2 rings (SSSR count). The van der Waals surface area contributed by atoms with Gasteiger partial charge in [-0.05, 0) is 55.8 Å². The molecule has 6 unspecified atom stereocenters. The maximum absolute atomic E-state index is 4.00. The quantitative estimate of drug-likeness (QED) is 0.774. The summed E-state index contributed by atoms with van der Waals surface area (Å²) in [6, 6.07) is 1.61. The van der Waals surface area contributed by atoms with Gasteiger partial charge in [0.1, 0.15) is 0 Å². The van der Waals surface area contributed by atoms with E-state index in [1.807, 2.05) is 0 Å². The van der Waals surface area contributed by atoms with Gasteiger partial charge in [0.2, 0.25) is 0 Å². The lowest BCUT2D eigenvalue weighted by atomic mass is 9.79. The molecule has 1 nitrogen and oxygen atoms in total. The molecule has 0 aliphatic heterocycles. The minimum atomic E-state index is 0.800. The molecular weight excluding hydrogens is 206 g/mol. The van der Waals surface area contributed by atoms with Crippen LogP contribution >= 0.6 is 0 Å². The molecule has 0 heterocycles. The predicted molar refractivity (Wildman–Crippen MR) is 75.1 cm³/mol. The Hall–Kier alpha value is -0.0400. The highest BCUT2D eigenvalue weighted by Gasteiger charge is 2.34. The second kappa shape index (κ2) is 5.73. The number of nitrogens with one attached hydrogen (secondary N) is 1. The highest BCUT2D eigenvalue weighted by atomic mass is 15.0. The summed E-state index contributed by atoms with van der Waals surface area (Å²) >= 11 is 0. The van der Waals surface area contributed by atoms with Crippen molar-refractivity contribution in [1.82, 2.24) is 5.32 Å². The summed E-state index contributed by atoms with van der Waals surface area (Å²) in [4.78, 5) is 0. The standard InChI is InChI=1S/C16H31N/c1-5-14-7-9-16(13(14)4)17-15-8-6-11(2)10-12(15)3/h11-17H,5-10H2,1-4H3. The third-order valence-corrected chi connectivity index (χ3v) is 5.61. The first-order valence-electron chi connectivity index (χ1n) is 7.87. The first-order valence-corrected chi connectivity index (χ1v) is 7.87. The van der Waals surface area contributed by atoms with E-state index in [9.17, 15) is 0 Å². The number of hydrogen-bond acceptors (Lipinski definition) is 1. The number of rotatable bonds is 3. The van der Waals surface area contributed by atoms with Crippen molar-refractivity contribution in [3.05, 3.63) is 0 Å². The van der Waals surface area contributed by atoms with Gasteiger partial charge in [-0.2, -0.15) is 0 Å².